The number of hydrogen-bond acceptors (Lipinski definition) is 5. The number of rotatable bonds is 7. The number of nitrogens with one attached hydrogen (secondary N) is 1. The van der Waals surface area contributed by atoms with E-state index in [2.05, 4.69) is 4.72 Å². The molecule has 0 aromatic heterocycles. The van der Waals surface area contributed by atoms with Gasteiger partial charge in [0, 0.05) is 18.2 Å². The molecule has 0 atom stereocenters. The van der Waals surface area contributed by atoms with Gasteiger partial charge in [-0.2, -0.15) is 0 Å². The Bertz CT molecular complexity index is 502. The summed E-state index contributed by atoms with van der Waals surface area (Å²) in [5.41, 5.74) is 0.360. The summed E-state index contributed by atoms with van der Waals surface area (Å²) in [6, 6.07) is 2.75. The van der Waals surface area contributed by atoms with Crippen molar-refractivity contribution in [3.8, 4) is 11.5 Å². The Morgan fingerprint density at radius 3 is 2.42 bits per heavy atom. The number of methoxy groups -OCH3 is 2. The summed E-state index contributed by atoms with van der Waals surface area (Å²) < 4.78 is 36.7. The summed E-state index contributed by atoms with van der Waals surface area (Å²) in [7, 11) is -0.767. The molecule has 1 aromatic carbocycles. The Kier molecular flexibility index (Phi) is 5.59. The molecule has 0 radical (unpaired) electrons. The summed E-state index contributed by atoms with van der Waals surface area (Å²) in [5, 5.41) is 9.28. The first kappa shape index (κ1) is 15.7. The average Bonchev–Trinajstić information content (AvgIpc) is 2.43. The van der Waals surface area contributed by atoms with Crippen molar-refractivity contribution < 1.29 is 23.0 Å². The van der Waals surface area contributed by atoms with Crippen LogP contribution in [0.15, 0.2) is 17.0 Å². The molecule has 0 unspecified atom stereocenters. The highest BCUT2D eigenvalue weighted by molar-refractivity contribution is 7.89. The fraction of sp³-hybridized carbons (Fsp3) is 0.500. The Labute approximate surface area is 113 Å². The van der Waals surface area contributed by atoms with Crippen molar-refractivity contribution in [3.05, 3.63) is 17.7 Å². The van der Waals surface area contributed by atoms with Crippen LogP contribution < -0.4 is 14.2 Å². The zero-order valence-electron chi connectivity index (χ0n) is 11.3. The van der Waals surface area contributed by atoms with Crippen LogP contribution in [0.5, 0.6) is 11.5 Å². The third-order valence-corrected chi connectivity index (χ3v) is 3.99. The van der Waals surface area contributed by atoms with Gasteiger partial charge in [0.05, 0.1) is 25.7 Å². The van der Waals surface area contributed by atoms with Gasteiger partial charge >= 0.3 is 0 Å². The quantitative estimate of drug-likeness (QED) is 0.778. The third-order valence-electron chi connectivity index (χ3n) is 2.55. The van der Waals surface area contributed by atoms with Gasteiger partial charge in [0.1, 0.15) is 0 Å². The summed E-state index contributed by atoms with van der Waals surface area (Å²) in [6.45, 7) is 1.89. The van der Waals surface area contributed by atoms with Crippen LogP contribution in [0.3, 0.4) is 0 Å². The van der Waals surface area contributed by atoms with Crippen LogP contribution in [0, 0.1) is 0 Å². The number of aliphatic hydroxyl groups excluding tert-OH is 1. The molecule has 0 aliphatic heterocycles. The molecule has 0 amide bonds. The highest BCUT2D eigenvalue weighted by Gasteiger charge is 2.19. The van der Waals surface area contributed by atoms with Crippen molar-refractivity contribution in [1.82, 2.24) is 4.72 Å². The number of sulfonamides is 1. The van der Waals surface area contributed by atoms with E-state index in [1.807, 2.05) is 6.92 Å². The maximum Gasteiger partial charge on any atom is 0.240 e. The van der Waals surface area contributed by atoms with E-state index < -0.39 is 10.0 Å². The van der Waals surface area contributed by atoms with Gasteiger partial charge in [-0.05, 0) is 12.5 Å². The molecule has 6 nitrogen and oxygen atoms in total. The van der Waals surface area contributed by atoms with Gasteiger partial charge in [0.2, 0.25) is 10.0 Å². The lowest BCUT2D eigenvalue weighted by Gasteiger charge is -2.14. The maximum atomic E-state index is 12.0. The molecule has 0 aliphatic rings. The smallest absolute Gasteiger partial charge is 0.240 e. The zero-order chi connectivity index (χ0) is 14.5. The highest BCUT2D eigenvalue weighted by Crippen LogP contribution is 2.34. The minimum atomic E-state index is -3.61. The summed E-state index contributed by atoms with van der Waals surface area (Å²) in [5.74, 6) is 0.602. The Hall–Kier alpha value is -1.31. The SMILES string of the molecule is CCCNS(=O)(=O)c1cc(CO)c(OC)c(OC)c1. The van der Waals surface area contributed by atoms with E-state index in [1.165, 1.54) is 26.4 Å². The molecule has 0 spiro atoms. The molecule has 0 saturated carbocycles. The molecule has 0 heterocycles. The third kappa shape index (κ3) is 3.59. The lowest BCUT2D eigenvalue weighted by Crippen LogP contribution is -2.24. The largest absolute Gasteiger partial charge is 0.493 e. The molecule has 0 fully saturated rings. The van der Waals surface area contributed by atoms with E-state index in [9.17, 15) is 13.5 Å². The standard InChI is InChI=1S/C12H19NO5S/c1-4-5-13-19(15,16)10-6-9(8-14)12(18-3)11(7-10)17-2/h6-7,13-14H,4-5,8H2,1-3H3. The molecule has 108 valence electrons. The first-order chi connectivity index (χ1) is 9.00. The minimum absolute atomic E-state index is 0.0441. The second-order valence-corrected chi connectivity index (χ2v) is 5.64. The number of hydrogen-bond donors (Lipinski definition) is 2. The van der Waals surface area contributed by atoms with Crippen molar-refractivity contribution in [1.29, 1.82) is 0 Å². The van der Waals surface area contributed by atoms with Gasteiger partial charge in [-0.25, -0.2) is 13.1 Å². The van der Waals surface area contributed by atoms with E-state index in [0.717, 1.165) is 0 Å². The zero-order valence-corrected chi connectivity index (χ0v) is 12.1. The van der Waals surface area contributed by atoms with E-state index >= 15 is 0 Å². The molecule has 2 N–H and O–H groups in total. The second kappa shape index (κ2) is 6.74. The summed E-state index contributed by atoms with van der Waals surface area (Å²) >= 11 is 0. The van der Waals surface area contributed by atoms with Crippen LogP contribution in [0.25, 0.3) is 0 Å². The van der Waals surface area contributed by atoms with Crippen molar-refractivity contribution >= 4 is 10.0 Å². The fourth-order valence-corrected chi connectivity index (χ4v) is 2.81. The predicted molar refractivity (Wildman–Crippen MR) is 70.9 cm³/mol. The van der Waals surface area contributed by atoms with Gasteiger partial charge < -0.3 is 14.6 Å². The van der Waals surface area contributed by atoms with Crippen LogP contribution in [0.4, 0.5) is 0 Å². The minimum Gasteiger partial charge on any atom is -0.493 e. The van der Waals surface area contributed by atoms with Gasteiger partial charge in [0.25, 0.3) is 0 Å². The van der Waals surface area contributed by atoms with Crippen molar-refractivity contribution in [2.24, 2.45) is 0 Å². The number of benzene rings is 1. The Morgan fingerprint density at radius 1 is 1.26 bits per heavy atom. The molecule has 0 saturated heterocycles. The van der Waals surface area contributed by atoms with Crippen LogP contribution in [-0.2, 0) is 16.6 Å². The topological polar surface area (TPSA) is 84.9 Å². The first-order valence-electron chi connectivity index (χ1n) is 5.85. The van der Waals surface area contributed by atoms with Crippen molar-refractivity contribution in [2.75, 3.05) is 20.8 Å². The van der Waals surface area contributed by atoms with E-state index in [0.29, 0.717) is 24.3 Å². The summed E-state index contributed by atoms with van der Waals surface area (Å²) in [4.78, 5) is 0.0441. The van der Waals surface area contributed by atoms with Crippen LogP contribution in [0.2, 0.25) is 0 Å². The number of ether oxygens (including phenoxy) is 2. The fourth-order valence-electron chi connectivity index (χ4n) is 1.61. The van der Waals surface area contributed by atoms with Crippen molar-refractivity contribution in [3.63, 3.8) is 0 Å². The van der Waals surface area contributed by atoms with Crippen LogP contribution >= 0.6 is 0 Å². The maximum absolute atomic E-state index is 12.0. The average molecular weight is 289 g/mol. The first-order valence-corrected chi connectivity index (χ1v) is 7.33. The molecule has 1 rings (SSSR count). The van der Waals surface area contributed by atoms with Crippen molar-refractivity contribution in [2.45, 2.75) is 24.8 Å². The lowest BCUT2D eigenvalue weighted by atomic mass is 10.2. The highest BCUT2D eigenvalue weighted by atomic mass is 32.2. The molecule has 1 aromatic rings. The molecule has 7 heteroatoms. The Morgan fingerprint density at radius 2 is 1.95 bits per heavy atom. The van der Waals surface area contributed by atoms with Gasteiger partial charge in [-0.1, -0.05) is 6.92 Å². The van der Waals surface area contributed by atoms with Crippen LogP contribution in [0.1, 0.15) is 18.9 Å². The number of aliphatic hydroxyl groups is 1. The monoisotopic (exact) mass is 289 g/mol. The van der Waals surface area contributed by atoms with Gasteiger partial charge in [-0.15, -0.1) is 0 Å². The second-order valence-electron chi connectivity index (χ2n) is 3.87. The van der Waals surface area contributed by atoms with E-state index in [4.69, 9.17) is 9.47 Å². The molecular formula is C12H19NO5S. The van der Waals surface area contributed by atoms with Gasteiger partial charge in [0.15, 0.2) is 11.5 Å². The Balaban J connectivity index is 3.30. The predicted octanol–water partition coefficient (Wildman–Crippen LogP) is 0.884. The normalized spacial score (nSPS) is 11.4. The molecular weight excluding hydrogens is 270 g/mol. The van der Waals surface area contributed by atoms with E-state index in [-0.39, 0.29) is 17.3 Å². The molecule has 0 bridgehead atoms. The lowest BCUT2D eigenvalue weighted by molar-refractivity contribution is 0.269. The molecule has 0 aliphatic carbocycles. The van der Waals surface area contributed by atoms with Gasteiger partial charge in [-0.3, -0.25) is 0 Å². The summed E-state index contributed by atoms with van der Waals surface area (Å²) in [6.07, 6.45) is 0.694. The van der Waals surface area contributed by atoms with Crippen LogP contribution in [-0.4, -0.2) is 34.3 Å². The molecule has 19 heavy (non-hydrogen) atoms. The van der Waals surface area contributed by atoms with E-state index in [1.54, 1.807) is 0 Å².